The SMILES string of the molecule is COc1ccccc1CCN(C)[C@@H](C)c1nc(C)cc(=O)[nH]1. The molecule has 0 amide bonds. The summed E-state index contributed by atoms with van der Waals surface area (Å²) in [6.45, 7) is 4.72. The van der Waals surface area contributed by atoms with Crippen LogP contribution in [0.25, 0.3) is 0 Å². The van der Waals surface area contributed by atoms with E-state index in [0.29, 0.717) is 5.82 Å². The molecule has 1 aromatic carbocycles. The van der Waals surface area contributed by atoms with Crippen LogP contribution in [0.1, 0.15) is 30.0 Å². The molecule has 5 heteroatoms. The zero-order valence-corrected chi connectivity index (χ0v) is 13.6. The number of hydrogen-bond donors (Lipinski definition) is 1. The number of methoxy groups -OCH3 is 1. The van der Waals surface area contributed by atoms with Crippen LogP contribution < -0.4 is 10.3 Å². The van der Waals surface area contributed by atoms with Gasteiger partial charge in [0.25, 0.3) is 5.56 Å². The van der Waals surface area contributed by atoms with Crippen LogP contribution in [0.15, 0.2) is 35.1 Å². The Balaban J connectivity index is 2.05. The number of ether oxygens (including phenoxy) is 1. The minimum atomic E-state index is -0.104. The molecule has 1 heterocycles. The van der Waals surface area contributed by atoms with Gasteiger partial charge in [-0.1, -0.05) is 18.2 Å². The van der Waals surface area contributed by atoms with Gasteiger partial charge in [0.1, 0.15) is 11.6 Å². The normalized spacial score (nSPS) is 12.4. The van der Waals surface area contributed by atoms with E-state index in [1.54, 1.807) is 7.11 Å². The number of rotatable bonds is 6. The van der Waals surface area contributed by atoms with E-state index < -0.39 is 0 Å². The molecule has 2 aromatic rings. The van der Waals surface area contributed by atoms with Crippen molar-refractivity contribution in [3.05, 3.63) is 57.8 Å². The van der Waals surface area contributed by atoms with Crippen LogP contribution in [0.2, 0.25) is 0 Å². The molecular weight excluding hydrogens is 278 g/mol. The summed E-state index contributed by atoms with van der Waals surface area (Å²) < 4.78 is 5.38. The van der Waals surface area contributed by atoms with E-state index >= 15 is 0 Å². The highest BCUT2D eigenvalue weighted by molar-refractivity contribution is 5.33. The van der Waals surface area contributed by atoms with Crippen molar-refractivity contribution in [1.29, 1.82) is 0 Å². The highest BCUT2D eigenvalue weighted by Crippen LogP contribution is 2.20. The molecule has 22 heavy (non-hydrogen) atoms. The predicted octanol–water partition coefficient (Wildman–Crippen LogP) is 2.32. The van der Waals surface area contributed by atoms with Gasteiger partial charge in [-0.05, 0) is 38.9 Å². The Morgan fingerprint density at radius 3 is 2.77 bits per heavy atom. The average Bonchev–Trinajstić information content (AvgIpc) is 2.51. The third-order valence-electron chi connectivity index (χ3n) is 3.87. The van der Waals surface area contributed by atoms with E-state index in [0.717, 1.165) is 24.4 Å². The summed E-state index contributed by atoms with van der Waals surface area (Å²) in [5.74, 6) is 1.61. The van der Waals surface area contributed by atoms with Crippen LogP contribution in [-0.4, -0.2) is 35.6 Å². The topological polar surface area (TPSA) is 58.2 Å². The standard InChI is InChI=1S/C17H23N3O2/c1-12-11-16(21)19-17(18-12)13(2)20(3)10-9-14-7-5-6-8-15(14)22-4/h5-8,11,13H,9-10H2,1-4H3,(H,18,19,21)/t13-/m0/s1. The van der Waals surface area contributed by atoms with Gasteiger partial charge in [0.05, 0.1) is 13.2 Å². The molecule has 1 N–H and O–H groups in total. The Morgan fingerprint density at radius 1 is 1.36 bits per heavy atom. The second-order valence-electron chi connectivity index (χ2n) is 5.49. The van der Waals surface area contributed by atoms with Crippen molar-refractivity contribution >= 4 is 0 Å². The van der Waals surface area contributed by atoms with Crippen LogP contribution in [0.4, 0.5) is 0 Å². The maximum absolute atomic E-state index is 11.6. The minimum absolute atomic E-state index is 0.0438. The molecule has 0 fully saturated rings. The number of H-pyrrole nitrogens is 1. The van der Waals surface area contributed by atoms with Gasteiger partial charge < -0.3 is 9.72 Å². The number of aryl methyl sites for hydroxylation is 1. The fraction of sp³-hybridized carbons (Fsp3) is 0.412. The molecule has 0 aliphatic carbocycles. The Morgan fingerprint density at radius 2 is 2.09 bits per heavy atom. The van der Waals surface area contributed by atoms with Gasteiger partial charge in [-0.15, -0.1) is 0 Å². The molecular formula is C17H23N3O2. The van der Waals surface area contributed by atoms with Crippen molar-refractivity contribution in [2.75, 3.05) is 20.7 Å². The molecule has 0 aliphatic rings. The molecule has 0 saturated heterocycles. The lowest BCUT2D eigenvalue weighted by molar-refractivity contribution is 0.253. The molecule has 0 radical (unpaired) electrons. The van der Waals surface area contributed by atoms with E-state index in [2.05, 4.69) is 20.9 Å². The number of benzene rings is 1. The van der Waals surface area contributed by atoms with E-state index in [1.807, 2.05) is 39.1 Å². The second-order valence-corrected chi connectivity index (χ2v) is 5.49. The number of para-hydroxylation sites is 1. The van der Waals surface area contributed by atoms with Gasteiger partial charge in [-0.3, -0.25) is 9.69 Å². The first-order valence-electron chi connectivity index (χ1n) is 7.41. The molecule has 5 nitrogen and oxygen atoms in total. The molecule has 118 valence electrons. The predicted molar refractivity (Wildman–Crippen MR) is 87.3 cm³/mol. The number of nitrogens with zero attached hydrogens (tertiary/aromatic N) is 2. The lowest BCUT2D eigenvalue weighted by Crippen LogP contribution is -2.28. The van der Waals surface area contributed by atoms with E-state index in [4.69, 9.17) is 4.74 Å². The molecule has 0 spiro atoms. The van der Waals surface area contributed by atoms with Crippen molar-refractivity contribution < 1.29 is 4.74 Å². The Hall–Kier alpha value is -2.14. The van der Waals surface area contributed by atoms with Crippen molar-refractivity contribution in [2.45, 2.75) is 26.3 Å². The molecule has 0 saturated carbocycles. The number of hydrogen-bond acceptors (Lipinski definition) is 4. The van der Waals surface area contributed by atoms with Crippen LogP contribution in [0.5, 0.6) is 5.75 Å². The largest absolute Gasteiger partial charge is 0.496 e. The maximum Gasteiger partial charge on any atom is 0.251 e. The summed E-state index contributed by atoms with van der Waals surface area (Å²) >= 11 is 0. The molecule has 1 atom stereocenters. The smallest absolute Gasteiger partial charge is 0.251 e. The van der Waals surface area contributed by atoms with Gasteiger partial charge >= 0.3 is 0 Å². The first-order chi connectivity index (χ1) is 10.5. The summed E-state index contributed by atoms with van der Waals surface area (Å²) in [6, 6.07) is 9.58. The molecule has 2 rings (SSSR count). The van der Waals surface area contributed by atoms with Crippen LogP contribution in [0, 0.1) is 6.92 Å². The van der Waals surface area contributed by atoms with Crippen molar-refractivity contribution in [1.82, 2.24) is 14.9 Å². The number of nitrogens with one attached hydrogen (secondary N) is 1. The highest BCUT2D eigenvalue weighted by atomic mass is 16.5. The third kappa shape index (κ3) is 3.95. The van der Waals surface area contributed by atoms with Crippen molar-refractivity contribution in [3.8, 4) is 5.75 Å². The zero-order valence-electron chi connectivity index (χ0n) is 13.6. The quantitative estimate of drug-likeness (QED) is 0.889. The first-order valence-corrected chi connectivity index (χ1v) is 7.41. The van der Waals surface area contributed by atoms with Crippen LogP contribution >= 0.6 is 0 Å². The summed E-state index contributed by atoms with van der Waals surface area (Å²) in [6.07, 6.45) is 0.876. The highest BCUT2D eigenvalue weighted by Gasteiger charge is 2.15. The van der Waals surface area contributed by atoms with Crippen LogP contribution in [0.3, 0.4) is 0 Å². The summed E-state index contributed by atoms with van der Waals surface area (Å²) in [7, 11) is 3.72. The Labute approximate surface area is 131 Å². The summed E-state index contributed by atoms with van der Waals surface area (Å²) in [5, 5.41) is 0. The fourth-order valence-electron chi connectivity index (χ4n) is 2.41. The Kier molecular flexibility index (Phi) is 5.33. The van der Waals surface area contributed by atoms with Gasteiger partial charge in [-0.25, -0.2) is 4.98 Å². The van der Waals surface area contributed by atoms with Crippen molar-refractivity contribution in [2.24, 2.45) is 0 Å². The third-order valence-corrected chi connectivity index (χ3v) is 3.87. The minimum Gasteiger partial charge on any atom is -0.496 e. The van der Waals surface area contributed by atoms with Gasteiger partial charge in [-0.2, -0.15) is 0 Å². The molecule has 0 unspecified atom stereocenters. The van der Waals surface area contributed by atoms with E-state index in [1.165, 1.54) is 11.6 Å². The fourth-order valence-corrected chi connectivity index (χ4v) is 2.41. The summed E-state index contributed by atoms with van der Waals surface area (Å²) in [5.41, 5.74) is 1.81. The lowest BCUT2D eigenvalue weighted by atomic mass is 10.1. The van der Waals surface area contributed by atoms with Crippen molar-refractivity contribution in [3.63, 3.8) is 0 Å². The van der Waals surface area contributed by atoms with Gasteiger partial charge in [0, 0.05) is 18.3 Å². The monoisotopic (exact) mass is 301 g/mol. The molecule has 1 aromatic heterocycles. The summed E-state index contributed by atoms with van der Waals surface area (Å²) in [4.78, 5) is 21.0. The van der Waals surface area contributed by atoms with Gasteiger partial charge in [0.15, 0.2) is 0 Å². The van der Waals surface area contributed by atoms with E-state index in [-0.39, 0.29) is 11.6 Å². The molecule has 0 aliphatic heterocycles. The number of likely N-dealkylation sites (N-methyl/N-ethyl adjacent to an activating group) is 1. The van der Waals surface area contributed by atoms with Crippen LogP contribution in [-0.2, 0) is 6.42 Å². The Bertz CT molecular complexity index is 682. The average molecular weight is 301 g/mol. The maximum atomic E-state index is 11.6. The number of aromatic amines is 1. The molecule has 0 bridgehead atoms. The van der Waals surface area contributed by atoms with E-state index in [9.17, 15) is 4.79 Å². The second kappa shape index (κ2) is 7.22. The van der Waals surface area contributed by atoms with Gasteiger partial charge in [0.2, 0.25) is 0 Å². The first kappa shape index (κ1) is 16.2. The number of aromatic nitrogens is 2. The lowest BCUT2D eigenvalue weighted by Gasteiger charge is -2.24. The zero-order chi connectivity index (χ0) is 16.1.